The number of halogens is 3. The number of thiocarbonyl (C=S) groups is 1. The molecular formula is C51H55F3N6O8S2. The maximum absolute atomic E-state index is 14.2. The standard InChI is InChI=1S/C51H55F3N6O8S2/c1-31(2)45(47(64)57-28-38(61)25-42(57)43(62)19-10-33-8-11-34(12-9-33)46-32(3)56-30-70-46)58-29-40(26-44(58)63)68-23-7-21-66-20-6-22-67-39-17-15-36(16-18-39)60-49(69)59(48(65)50(60,4)5)37-14-13-35(27-55)41(24-37)51(52,53)54/h8-9,11-18,24,26,30-31,38,42,45,61H,6-7,10,19-23,25,28-29H2,1-5H3/t38-,42+,45+/m1/s1. The van der Waals surface area contributed by atoms with E-state index in [2.05, 4.69) is 4.98 Å². The molecule has 1 aromatic heterocycles. The molecule has 3 amide bonds. The van der Waals surface area contributed by atoms with E-state index in [-0.39, 0.29) is 66.9 Å². The Bertz CT molecular complexity index is 2670. The van der Waals surface area contributed by atoms with Gasteiger partial charge in [0.25, 0.3) is 11.8 Å². The van der Waals surface area contributed by atoms with Crippen molar-refractivity contribution >= 4 is 63.5 Å². The quantitative estimate of drug-likeness (QED) is 0.0671. The van der Waals surface area contributed by atoms with Crippen LogP contribution in [0.3, 0.4) is 0 Å². The van der Waals surface area contributed by atoms with Gasteiger partial charge in [0.15, 0.2) is 10.9 Å². The summed E-state index contributed by atoms with van der Waals surface area (Å²) in [6.45, 7) is 10.4. The van der Waals surface area contributed by atoms with E-state index < -0.39 is 46.9 Å². The second-order valence-electron chi connectivity index (χ2n) is 18.3. The number of nitrogens with zero attached hydrogens (tertiary/aromatic N) is 6. The number of nitriles is 1. The fourth-order valence-electron chi connectivity index (χ4n) is 8.95. The Morgan fingerprint density at radius 3 is 2.29 bits per heavy atom. The first-order valence-corrected chi connectivity index (χ1v) is 24.3. The van der Waals surface area contributed by atoms with Gasteiger partial charge in [-0.25, -0.2) is 4.98 Å². The molecule has 0 saturated carbocycles. The first kappa shape index (κ1) is 51.6. The number of Topliss-reactive ketones (excluding diaryl/α,β-unsaturated/α-hetero) is 1. The molecule has 14 nitrogen and oxygen atoms in total. The number of benzene rings is 3. The van der Waals surface area contributed by atoms with E-state index in [1.165, 1.54) is 21.9 Å². The molecule has 3 aliphatic heterocycles. The van der Waals surface area contributed by atoms with Crippen LogP contribution in [-0.2, 0) is 41.2 Å². The highest BCUT2D eigenvalue weighted by molar-refractivity contribution is 7.81. The van der Waals surface area contributed by atoms with Crippen molar-refractivity contribution in [3.05, 3.63) is 106 Å². The number of amides is 3. The average Bonchev–Trinajstić information content (AvgIpc) is 4.08. The fourth-order valence-corrected chi connectivity index (χ4v) is 10.3. The topological polar surface area (TPSA) is 166 Å². The third-order valence-corrected chi connectivity index (χ3v) is 13.9. The number of hydrogen-bond acceptors (Lipinski definition) is 12. The number of aromatic nitrogens is 1. The number of aliphatic hydroxyl groups is 1. The van der Waals surface area contributed by atoms with Crippen LogP contribution >= 0.6 is 23.6 Å². The number of ether oxygens (including phenoxy) is 3. The van der Waals surface area contributed by atoms with Crippen molar-refractivity contribution in [2.75, 3.05) is 49.3 Å². The Hall–Kier alpha value is -6.20. The molecule has 0 unspecified atom stereocenters. The van der Waals surface area contributed by atoms with Crippen LogP contribution in [0.25, 0.3) is 10.4 Å². The number of ketones is 1. The van der Waals surface area contributed by atoms with Crippen molar-refractivity contribution in [3.8, 4) is 22.3 Å². The lowest BCUT2D eigenvalue weighted by atomic mass is 9.98. The monoisotopic (exact) mass is 1000 g/mol. The van der Waals surface area contributed by atoms with E-state index in [4.69, 9.17) is 26.4 Å². The zero-order valence-corrected chi connectivity index (χ0v) is 41.2. The van der Waals surface area contributed by atoms with Gasteiger partial charge in [-0.05, 0) is 98.9 Å². The van der Waals surface area contributed by atoms with Gasteiger partial charge < -0.3 is 34.0 Å². The van der Waals surface area contributed by atoms with Gasteiger partial charge in [-0.1, -0.05) is 38.1 Å². The molecule has 2 saturated heterocycles. The number of hydrogen-bond donors (Lipinski definition) is 1. The van der Waals surface area contributed by atoms with Gasteiger partial charge in [0, 0.05) is 57.2 Å². The van der Waals surface area contributed by atoms with E-state index >= 15 is 0 Å². The van der Waals surface area contributed by atoms with Crippen molar-refractivity contribution in [2.24, 2.45) is 5.92 Å². The first-order valence-electron chi connectivity index (χ1n) is 23.1. The predicted octanol–water partition coefficient (Wildman–Crippen LogP) is 8.03. The van der Waals surface area contributed by atoms with Gasteiger partial charge >= 0.3 is 6.18 Å². The average molecular weight is 1000 g/mol. The highest BCUT2D eigenvalue weighted by Crippen LogP contribution is 2.40. The minimum absolute atomic E-state index is 0.0114. The molecule has 370 valence electrons. The van der Waals surface area contributed by atoms with Crippen molar-refractivity contribution in [2.45, 2.75) is 96.6 Å². The molecule has 0 radical (unpaired) electrons. The van der Waals surface area contributed by atoms with Gasteiger partial charge in [-0.15, -0.1) is 11.3 Å². The lowest BCUT2D eigenvalue weighted by Crippen LogP contribution is -2.54. The number of aryl methyl sites for hydroxylation is 2. The molecule has 3 aromatic carbocycles. The summed E-state index contributed by atoms with van der Waals surface area (Å²) in [4.78, 5) is 65.5. The largest absolute Gasteiger partial charge is 0.496 e. The van der Waals surface area contributed by atoms with Gasteiger partial charge in [-0.3, -0.25) is 24.1 Å². The van der Waals surface area contributed by atoms with Crippen molar-refractivity contribution < 1.29 is 51.7 Å². The van der Waals surface area contributed by atoms with Gasteiger partial charge in [0.1, 0.15) is 23.1 Å². The van der Waals surface area contributed by atoms with Crippen LogP contribution in [0.1, 0.15) is 75.8 Å². The molecule has 4 aromatic rings. The number of alkyl halides is 3. The minimum Gasteiger partial charge on any atom is -0.496 e. The maximum Gasteiger partial charge on any atom is 0.417 e. The van der Waals surface area contributed by atoms with Crippen LogP contribution < -0.4 is 14.5 Å². The van der Waals surface area contributed by atoms with Crippen molar-refractivity contribution in [3.63, 3.8) is 0 Å². The van der Waals surface area contributed by atoms with E-state index in [0.29, 0.717) is 56.3 Å². The van der Waals surface area contributed by atoms with Gasteiger partial charge in [0.05, 0.1) is 70.9 Å². The number of likely N-dealkylation sites (tertiary alicyclic amines) is 1. The van der Waals surface area contributed by atoms with Crippen molar-refractivity contribution in [1.29, 1.82) is 5.26 Å². The summed E-state index contributed by atoms with van der Waals surface area (Å²) in [7, 11) is 0. The molecule has 2 fully saturated rings. The van der Waals surface area contributed by atoms with E-state index in [0.717, 1.165) is 38.7 Å². The Kier molecular flexibility index (Phi) is 16.1. The summed E-state index contributed by atoms with van der Waals surface area (Å²) in [6.07, 6.45) is -2.31. The third-order valence-electron chi connectivity index (χ3n) is 12.5. The molecule has 3 atom stereocenters. The SMILES string of the molecule is Cc1ncsc1-c1ccc(CCC(=O)[C@@H]2C[C@@H](O)CN2C(=O)[C@H](C(C)C)N2CC(OCCCOCCCOc3ccc(N4C(=S)N(c5ccc(C#N)c(C(F)(F)F)c5)C(=O)C4(C)C)cc3)=CC2=O)cc1. The lowest BCUT2D eigenvalue weighted by Gasteiger charge is -2.35. The molecule has 7 rings (SSSR count). The second kappa shape index (κ2) is 21.8. The second-order valence-corrected chi connectivity index (χ2v) is 19.5. The molecule has 0 bridgehead atoms. The molecule has 0 aliphatic carbocycles. The number of rotatable bonds is 20. The Balaban J connectivity index is 0.814. The van der Waals surface area contributed by atoms with Crippen molar-refractivity contribution in [1.82, 2.24) is 14.8 Å². The molecule has 70 heavy (non-hydrogen) atoms. The van der Waals surface area contributed by atoms with Crippen LogP contribution in [0.4, 0.5) is 24.5 Å². The number of β-amino-alcohol motifs (C(OH)–C–C–N with tert-alkyl or cyclic N) is 1. The van der Waals surface area contributed by atoms with Crippen LogP contribution in [0, 0.1) is 24.2 Å². The van der Waals surface area contributed by atoms with Gasteiger partial charge in [0.2, 0.25) is 5.91 Å². The molecule has 0 spiro atoms. The van der Waals surface area contributed by atoms with Crippen LogP contribution in [0.5, 0.6) is 5.75 Å². The molecule has 19 heteroatoms. The first-order chi connectivity index (χ1) is 33.3. The number of anilines is 2. The van der Waals surface area contributed by atoms with Crippen LogP contribution in [-0.4, -0.2) is 112 Å². The highest BCUT2D eigenvalue weighted by Gasteiger charge is 2.51. The van der Waals surface area contributed by atoms with Gasteiger partial charge in [-0.2, -0.15) is 18.4 Å². The summed E-state index contributed by atoms with van der Waals surface area (Å²) in [5.41, 5.74) is 2.32. The molecule has 1 N–H and O–H groups in total. The smallest absolute Gasteiger partial charge is 0.417 e. The van der Waals surface area contributed by atoms with Crippen LogP contribution in [0.2, 0.25) is 0 Å². The lowest BCUT2D eigenvalue weighted by molar-refractivity contribution is -0.147. The Morgan fingerprint density at radius 1 is 0.986 bits per heavy atom. The minimum atomic E-state index is -4.81. The zero-order valence-electron chi connectivity index (χ0n) is 39.5. The maximum atomic E-state index is 14.2. The number of thiazole rings is 1. The van der Waals surface area contributed by atoms with E-state index in [1.54, 1.807) is 60.4 Å². The Morgan fingerprint density at radius 2 is 1.66 bits per heavy atom. The zero-order chi connectivity index (χ0) is 50.5. The summed E-state index contributed by atoms with van der Waals surface area (Å²) < 4.78 is 58.7. The summed E-state index contributed by atoms with van der Waals surface area (Å²) >= 11 is 7.20. The fraction of sp³-hybridized carbons (Fsp3) is 0.431. The highest BCUT2D eigenvalue weighted by atomic mass is 32.1. The predicted molar refractivity (Wildman–Crippen MR) is 261 cm³/mol. The summed E-state index contributed by atoms with van der Waals surface area (Å²) in [6, 6.07) is 17.8. The molecule has 4 heterocycles. The third kappa shape index (κ3) is 11.4. The normalized spacial score (nSPS) is 18.5. The summed E-state index contributed by atoms with van der Waals surface area (Å²) in [5.74, 6) is -0.690. The number of carbonyl (C=O) groups excluding carboxylic acids is 4. The number of carbonyl (C=O) groups is 4. The number of aliphatic hydroxyl groups excluding tert-OH is 1. The molecule has 3 aliphatic rings. The van der Waals surface area contributed by atoms with E-state index in [1.807, 2.05) is 50.5 Å². The molecular weight excluding hydrogens is 946 g/mol. The van der Waals surface area contributed by atoms with E-state index in [9.17, 15) is 42.7 Å². The Labute approximate surface area is 414 Å². The summed E-state index contributed by atoms with van der Waals surface area (Å²) in [5, 5.41) is 19.8. The van der Waals surface area contributed by atoms with Crippen LogP contribution in [0.15, 0.2) is 84.1 Å².